The van der Waals surface area contributed by atoms with Gasteiger partial charge in [-0.3, -0.25) is 14.4 Å². The number of carbonyl (C=O) groups excluding carboxylic acids is 1. The molecule has 0 aliphatic carbocycles. The van der Waals surface area contributed by atoms with Gasteiger partial charge in [-0.25, -0.2) is 4.98 Å². The fraction of sp³-hybridized carbons (Fsp3) is 0.190. The van der Waals surface area contributed by atoms with E-state index < -0.39 is 0 Å². The lowest BCUT2D eigenvalue weighted by Gasteiger charge is -2.20. The van der Waals surface area contributed by atoms with Crippen LogP contribution in [0.1, 0.15) is 17.3 Å². The number of carbonyl (C=O) groups is 1. The van der Waals surface area contributed by atoms with Crippen LogP contribution < -0.4 is 9.64 Å². The van der Waals surface area contributed by atoms with Gasteiger partial charge in [-0.15, -0.1) is 0 Å². The van der Waals surface area contributed by atoms with E-state index in [2.05, 4.69) is 21.0 Å². The van der Waals surface area contributed by atoms with Gasteiger partial charge in [0, 0.05) is 29.0 Å². The van der Waals surface area contributed by atoms with Gasteiger partial charge in [-0.2, -0.15) is 5.10 Å². The number of anilines is 1. The van der Waals surface area contributed by atoms with Crippen LogP contribution in [0.25, 0.3) is 10.2 Å². The molecule has 8 heteroatoms. The summed E-state index contributed by atoms with van der Waals surface area (Å²) < 4.78 is 9.43. The largest absolute Gasteiger partial charge is 0.492 e. The van der Waals surface area contributed by atoms with E-state index in [1.807, 2.05) is 61.7 Å². The molecule has 0 fully saturated rings. The number of hydrogen-bond donors (Lipinski definition) is 0. The summed E-state index contributed by atoms with van der Waals surface area (Å²) in [5.41, 5.74) is 1.39. The summed E-state index contributed by atoms with van der Waals surface area (Å²) in [7, 11) is 0. The van der Waals surface area contributed by atoms with Crippen molar-refractivity contribution in [2.45, 2.75) is 13.5 Å². The number of hydrogen-bond acceptors (Lipinski definition) is 5. The average molecular weight is 471 g/mol. The Morgan fingerprint density at radius 2 is 2.03 bits per heavy atom. The molecule has 0 aliphatic heterocycles. The molecule has 0 aliphatic rings. The first-order valence-corrected chi connectivity index (χ1v) is 10.8. The summed E-state index contributed by atoms with van der Waals surface area (Å²) >= 11 is 4.90. The lowest BCUT2D eigenvalue weighted by Crippen LogP contribution is -2.34. The van der Waals surface area contributed by atoms with Gasteiger partial charge in [0.15, 0.2) is 5.13 Å². The molecule has 0 atom stereocenters. The first-order chi connectivity index (χ1) is 14.2. The second-order valence-electron chi connectivity index (χ2n) is 6.27. The number of thiazole rings is 1. The molecule has 4 rings (SSSR count). The lowest BCUT2D eigenvalue weighted by molar-refractivity contribution is 0.0985. The number of benzene rings is 2. The highest BCUT2D eigenvalue weighted by Gasteiger charge is 2.22. The van der Waals surface area contributed by atoms with Crippen molar-refractivity contribution >= 4 is 48.5 Å². The van der Waals surface area contributed by atoms with E-state index in [1.165, 1.54) is 11.3 Å². The van der Waals surface area contributed by atoms with Crippen LogP contribution >= 0.6 is 27.3 Å². The van der Waals surface area contributed by atoms with E-state index in [0.29, 0.717) is 30.4 Å². The summed E-state index contributed by atoms with van der Waals surface area (Å²) in [5.74, 6) is 0.636. The molecule has 0 saturated carbocycles. The van der Waals surface area contributed by atoms with Crippen molar-refractivity contribution in [3.63, 3.8) is 0 Å². The van der Waals surface area contributed by atoms with Crippen LogP contribution in [-0.2, 0) is 6.54 Å². The van der Waals surface area contributed by atoms with Gasteiger partial charge < -0.3 is 4.74 Å². The average Bonchev–Trinajstić information content (AvgIpc) is 3.39. The molecule has 4 aromatic rings. The van der Waals surface area contributed by atoms with Crippen LogP contribution in [0.5, 0.6) is 5.75 Å². The number of aromatic nitrogens is 3. The molecule has 0 saturated heterocycles. The first-order valence-electron chi connectivity index (χ1n) is 9.23. The van der Waals surface area contributed by atoms with Crippen LogP contribution in [0.2, 0.25) is 0 Å². The molecule has 0 unspecified atom stereocenters. The molecule has 29 heavy (non-hydrogen) atoms. The Morgan fingerprint density at radius 3 is 2.76 bits per heavy atom. The predicted octanol–water partition coefficient (Wildman–Crippen LogP) is 5.00. The minimum atomic E-state index is -0.0957. The highest BCUT2D eigenvalue weighted by molar-refractivity contribution is 9.10. The van der Waals surface area contributed by atoms with Crippen LogP contribution in [0, 0.1) is 0 Å². The maximum absolute atomic E-state index is 13.3. The molecule has 0 bridgehead atoms. The van der Waals surface area contributed by atoms with Crippen LogP contribution in [0.15, 0.2) is 65.4 Å². The highest BCUT2D eigenvalue weighted by atomic mass is 79.9. The molecular formula is C21H19BrN4O2S. The van der Waals surface area contributed by atoms with Crippen molar-refractivity contribution in [1.82, 2.24) is 14.8 Å². The lowest BCUT2D eigenvalue weighted by atomic mass is 10.2. The number of nitrogens with zero attached hydrogens (tertiary/aromatic N) is 4. The molecule has 6 nitrogen and oxygen atoms in total. The molecule has 2 aromatic carbocycles. The van der Waals surface area contributed by atoms with Crippen molar-refractivity contribution in [2.75, 3.05) is 18.1 Å². The Kier molecular flexibility index (Phi) is 5.92. The summed E-state index contributed by atoms with van der Waals surface area (Å²) in [6.07, 6.45) is 3.61. The zero-order chi connectivity index (χ0) is 20.2. The second kappa shape index (κ2) is 8.75. The normalized spacial score (nSPS) is 11.0. The van der Waals surface area contributed by atoms with Crippen molar-refractivity contribution in [3.05, 3.63) is 71.0 Å². The Hall–Kier alpha value is -2.71. The summed E-state index contributed by atoms with van der Waals surface area (Å²) in [6, 6.07) is 15.1. The van der Waals surface area contributed by atoms with E-state index in [0.717, 1.165) is 20.4 Å². The van der Waals surface area contributed by atoms with Gasteiger partial charge in [0.2, 0.25) is 0 Å². The molecular weight excluding hydrogens is 452 g/mol. The number of para-hydroxylation sites is 1. The quantitative estimate of drug-likeness (QED) is 0.381. The zero-order valence-corrected chi connectivity index (χ0v) is 18.2. The standard InChI is InChI=1S/C21H19BrN4O2S/c1-2-28-17-5-3-6-18-19(17)24-21(29-18)26(14-13-25-12-4-11-23-25)20(27)15-7-9-16(22)10-8-15/h3-12H,2,13-14H2,1H3. The Morgan fingerprint density at radius 1 is 1.21 bits per heavy atom. The van der Waals surface area contributed by atoms with E-state index in [-0.39, 0.29) is 5.91 Å². The maximum atomic E-state index is 13.3. The molecule has 2 aromatic heterocycles. The third-order valence-corrected chi connectivity index (χ3v) is 5.92. The monoisotopic (exact) mass is 470 g/mol. The minimum absolute atomic E-state index is 0.0957. The Bertz CT molecular complexity index is 1110. The summed E-state index contributed by atoms with van der Waals surface area (Å²) in [5, 5.41) is 4.89. The fourth-order valence-electron chi connectivity index (χ4n) is 2.97. The molecule has 1 amide bonds. The number of ether oxygens (including phenoxy) is 1. The van der Waals surface area contributed by atoms with Gasteiger partial charge in [0.1, 0.15) is 11.3 Å². The SMILES string of the molecule is CCOc1cccc2sc(N(CCn3cccn3)C(=O)c3ccc(Br)cc3)nc12. The third-order valence-electron chi connectivity index (χ3n) is 4.35. The second-order valence-corrected chi connectivity index (χ2v) is 8.19. The van der Waals surface area contributed by atoms with Gasteiger partial charge in [0.05, 0.1) is 17.9 Å². The predicted molar refractivity (Wildman–Crippen MR) is 119 cm³/mol. The third kappa shape index (κ3) is 4.33. The number of fused-ring (bicyclic) bond motifs is 1. The van der Waals surface area contributed by atoms with Gasteiger partial charge >= 0.3 is 0 Å². The highest BCUT2D eigenvalue weighted by Crippen LogP contribution is 2.34. The first kappa shape index (κ1) is 19.6. The Balaban J connectivity index is 1.70. The summed E-state index contributed by atoms with van der Waals surface area (Å²) in [6.45, 7) is 3.54. The van der Waals surface area contributed by atoms with Gasteiger partial charge in [-0.05, 0) is 49.4 Å². The number of rotatable bonds is 7. The fourth-order valence-corrected chi connectivity index (χ4v) is 4.24. The van der Waals surface area contributed by atoms with E-state index in [4.69, 9.17) is 9.72 Å². The molecule has 0 N–H and O–H groups in total. The topological polar surface area (TPSA) is 60.2 Å². The zero-order valence-electron chi connectivity index (χ0n) is 15.8. The van der Waals surface area contributed by atoms with Crippen LogP contribution in [0.4, 0.5) is 5.13 Å². The van der Waals surface area contributed by atoms with E-state index >= 15 is 0 Å². The van der Waals surface area contributed by atoms with Gasteiger partial charge in [-0.1, -0.05) is 33.3 Å². The van der Waals surface area contributed by atoms with Crippen molar-refractivity contribution in [1.29, 1.82) is 0 Å². The van der Waals surface area contributed by atoms with Crippen molar-refractivity contribution < 1.29 is 9.53 Å². The molecule has 2 heterocycles. The van der Waals surface area contributed by atoms with Gasteiger partial charge in [0.25, 0.3) is 5.91 Å². The number of amides is 1. The van der Waals surface area contributed by atoms with Crippen LogP contribution in [-0.4, -0.2) is 33.8 Å². The van der Waals surface area contributed by atoms with Crippen molar-refractivity contribution in [3.8, 4) is 5.75 Å². The molecule has 148 valence electrons. The minimum Gasteiger partial charge on any atom is -0.492 e. The summed E-state index contributed by atoms with van der Waals surface area (Å²) in [4.78, 5) is 19.8. The van der Waals surface area contributed by atoms with Crippen LogP contribution in [0.3, 0.4) is 0 Å². The Labute approximate surface area is 180 Å². The number of halogens is 1. The molecule has 0 radical (unpaired) electrons. The maximum Gasteiger partial charge on any atom is 0.260 e. The molecule has 0 spiro atoms. The van der Waals surface area contributed by atoms with Crippen molar-refractivity contribution in [2.24, 2.45) is 0 Å². The smallest absolute Gasteiger partial charge is 0.260 e. The van der Waals surface area contributed by atoms with E-state index in [1.54, 1.807) is 15.8 Å². The van der Waals surface area contributed by atoms with E-state index in [9.17, 15) is 4.79 Å².